The molecule has 0 saturated carbocycles. The van der Waals surface area contributed by atoms with Gasteiger partial charge in [0, 0.05) is 19.5 Å². The fourth-order valence-electron chi connectivity index (χ4n) is 1.11. The highest BCUT2D eigenvalue weighted by atomic mass is 15.3. The average molecular weight is 198 g/mol. The molecule has 0 spiro atoms. The van der Waals surface area contributed by atoms with Gasteiger partial charge in [0.25, 0.3) is 0 Å². The molecule has 4 heteroatoms. The van der Waals surface area contributed by atoms with Crippen molar-refractivity contribution in [2.45, 2.75) is 46.6 Å². The third-order valence-electron chi connectivity index (χ3n) is 1.93. The summed E-state index contributed by atoms with van der Waals surface area (Å²) in [6.07, 6.45) is 1.79. The van der Waals surface area contributed by atoms with Crippen LogP contribution < -0.4 is 5.73 Å². The van der Waals surface area contributed by atoms with Crippen molar-refractivity contribution in [1.82, 2.24) is 14.8 Å². The van der Waals surface area contributed by atoms with E-state index in [1.165, 1.54) is 0 Å². The van der Waals surface area contributed by atoms with Crippen LogP contribution in [0.25, 0.3) is 0 Å². The molecule has 1 rings (SSSR count). The molecule has 4 nitrogen and oxygen atoms in total. The predicted octanol–water partition coefficient (Wildman–Crippen LogP) is 1.43. The van der Waals surface area contributed by atoms with Crippen LogP contribution in [0.15, 0.2) is 0 Å². The minimum Gasteiger partial charge on any atom is -0.327 e. The topological polar surface area (TPSA) is 56.7 Å². The maximum absolute atomic E-state index is 5.80. The summed E-state index contributed by atoms with van der Waals surface area (Å²) < 4.78 is 1.80. The van der Waals surface area contributed by atoms with E-state index in [0.29, 0.717) is 0 Å². The van der Waals surface area contributed by atoms with Crippen LogP contribution in [0, 0.1) is 6.92 Å². The second kappa shape index (κ2) is 6.54. The van der Waals surface area contributed by atoms with Crippen LogP contribution in [0.3, 0.4) is 0 Å². The monoisotopic (exact) mass is 198 g/mol. The Hall–Kier alpha value is -0.900. The normalized spacial score (nSPS) is 11.9. The lowest BCUT2D eigenvalue weighted by Gasteiger charge is -2.06. The Bertz CT molecular complexity index is 255. The molecule has 2 N–H and O–H groups in total. The van der Waals surface area contributed by atoms with Gasteiger partial charge < -0.3 is 5.73 Å². The van der Waals surface area contributed by atoms with E-state index in [1.54, 1.807) is 4.68 Å². The van der Waals surface area contributed by atoms with Gasteiger partial charge >= 0.3 is 0 Å². The first-order valence-corrected chi connectivity index (χ1v) is 5.25. The van der Waals surface area contributed by atoms with E-state index in [4.69, 9.17) is 5.73 Å². The summed E-state index contributed by atoms with van der Waals surface area (Å²) in [7, 11) is 1.90. The second-order valence-electron chi connectivity index (χ2n) is 3.07. The van der Waals surface area contributed by atoms with E-state index in [9.17, 15) is 0 Å². The molecule has 0 saturated heterocycles. The van der Waals surface area contributed by atoms with Crippen LogP contribution in [0.1, 0.15) is 38.8 Å². The molecule has 1 aromatic heterocycles. The Kier molecular flexibility index (Phi) is 6.12. The summed E-state index contributed by atoms with van der Waals surface area (Å²) in [5, 5.41) is 4.15. The smallest absolute Gasteiger partial charge is 0.147 e. The Balaban J connectivity index is 0.000000791. The Morgan fingerprint density at radius 1 is 1.43 bits per heavy atom. The molecule has 0 aliphatic heterocycles. The molecule has 1 heterocycles. The highest BCUT2D eigenvalue weighted by molar-refractivity contribution is 4.92. The molecule has 0 bridgehead atoms. The van der Waals surface area contributed by atoms with E-state index in [2.05, 4.69) is 17.0 Å². The maximum atomic E-state index is 5.80. The first kappa shape index (κ1) is 13.1. The van der Waals surface area contributed by atoms with Gasteiger partial charge in [0.2, 0.25) is 0 Å². The van der Waals surface area contributed by atoms with Gasteiger partial charge in [0.1, 0.15) is 11.6 Å². The molecule has 0 aromatic carbocycles. The number of nitrogens with zero attached hydrogens (tertiary/aromatic N) is 3. The van der Waals surface area contributed by atoms with Crippen molar-refractivity contribution in [2.75, 3.05) is 0 Å². The largest absolute Gasteiger partial charge is 0.327 e. The van der Waals surface area contributed by atoms with Crippen molar-refractivity contribution in [2.24, 2.45) is 12.8 Å². The number of aryl methyl sites for hydroxylation is 2. The van der Waals surface area contributed by atoms with Crippen molar-refractivity contribution in [1.29, 1.82) is 0 Å². The highest BCUT2D eigenvalue weighted by Gasteiger charge is 2.07. The molecular formula is C10H22N4. The summed E-state index contributed by atoms with van der Waals surface area (Å²) in [6.45, 7) is 7.97. The first-order chi connectivity index (χ1) is 6.63. The van der Waals surface area contributed by atoms with Crippen LogP contribution >= 0.6 is 0 Å². The molecule has 1 aromatic rings. The Morgan fingerprint density at radius 2 is 2.00 bits per heavy atom. The zero-order chi connectivity index (χ0) is 11.1. The van der Waals surface area contributed by atoms with Crippen LogP contribution in [-0.2, 0) is 13.5 Å². The van der Waals surface area contributed by atoms with E-state index in [1.807, 2.05) is 27.8 Å². The van der Waals surface area contributed by atoms with Gasteiger partial charge in [0.15, 0.2) is 0 Å². The standard InChI is InChI=1S/C8H16N4.C2H6/c1-4-7(9)5-8-10-6(2)11-12(8)3;1-2/h7H,4-5,9H2,1-3H3;1-2H3. The molecule has 0 fully saturated rings. The summed E-state index contributed by atoms with van der Waals surface area (Å²) in [5.74, 6) is 1.79. The number of hydrogen-bond donors (Lipinski definition) is 1. The fraction of sp³-hybridized carbons (Fsp3) is 0.800. The molecule has 0 aliphatic rings. The molecule has 0 aliphatic carbocycles. The Labute approximate surface area is 86.5 Å². The predicted molar refractivity (Wildman–Crippen MR) is 59.1 cm³/mol. The van der Waals surface area contributed by atoms with Gasteiger partial charge in [-0.3, -0.25) is 4.68 Å². The maximum Gasteiger partial charge on any atom is 0.147 e. The third kappa shape index (κ3) is 3.87. The molecule has 14 heavy (non-hydrogen) atoms. The minimum absolute atomic E-state index is 0.201. The Morgan fingerprint density at radius 3 is 2.36 bits per heavy atom. The molecule has 82 valence electrons. The SMILES string of the molecule is CC.CCC(N)Cc1nc(C)nn1C. The van der Waals surface area contributed by atoms with Crippen LogP contribution in [0.4, 0.5) is 0 Å². The van der Waals surface area contributed by atoms with Crippen LogP contribution in [0.2, 0.25) is 0 Å². The first-order valence-electron chi connectivity index (χ1n) is 5.25. The number of hydrogen-bond acceptors (Lipinski definition) is 3. The van der Waals surface area contributed by atoms with Gasteiger partial charge in [-0.05, 0) is 13.3 Å². The van der Waals surface area contributed by atoms with Crippen LogP contribution in [0.5, 0.6) is 0 Å². The molecule has 0 radical (unpaired) electrons. The number of nitrogens with two attached hydrogens (primary N) is 1. The van der Waals surface area contributed by atoms with E-state index < -0.39 is 0 Å². The van der Waals surface area contributed by atoms with Gasteiger partial charge in [-0.1, -0.05) is 20.8 Å². The van der Waals surface area contributed by atoms with Crippen molar-refractivity contribution >= 4 is 0 Å². The van der Waals surface area contributed by atoms with Gasteiger partial charge in [-0.2, -0.15) is 5.10 Å². The van der Waals surface area contributed by atoms with Crippen molar-refractivity contribution in [3.8, 4) is 0 Å². The summed E-state index contributed by atoms with van der Waals surface area (Å²) in [6, 6.07) is 0.201. The lowest BCUT2D eigenvalue weighted by atomic mass is 10.1. The molecular weight excluding hydrogens is 176 g/mol. The summed E-state index contributed by atoms with van der Waals surface area (Å²) in [5.41, 5.74) is 5.80. The fourth-order valence-corrected chi connectivity index (χ4v) is 1.11. The minimum atomic E-state index is 0.201. The molecule has 1 atom stereocenters. The summed E-state index contributed by atoms with van der Waals surface area (Å²) in [4.78, 5) is 4.27. The average Bonchev–Trinajstić information content (AvgIpc) is 2.48. The van der Waals surface area contributed by atoms with E-state index >= 15 is 0 Å². The lowest BCUT2D eigenvalue weighted by molar-refractivity contribution is 0.592. The van der Waals surface area contributed by atoms with Crippen LogP contribution in [-0.4, -0.2) is 20.8 Å². The molecule has 0 amide bonds. The highest BCUT2D eigenvalue weighted by Crippen LogP contribution is 2.00. The van der Waals surface area contributed by atoms with Crippen molar-refractivity contribution in [3.63, 3.8) is 0 Å². The summed E-state index contributed by atoms with van der Waals surface area (Å²) >= 11 is 0. The van der Waals surface area contributed by atoms with Crippen molar-refractivity contribution in [3.05, 3.63) is 11.6 Å². The van der Waals surface area contributed by atoms with Gasteiger partial charge in [0.05, 0.1) is 0 Å². The van der Waals surface area contributed by atoms with Crippen molar-refractivity contribution < 1.29 is 0 Å². The second-order valence-corrected chi connectivity index (χ2v) is 3.07. The van der Waals surface area contributed by atoms with Gasteiger partial charge in [-0.25, -0.2) is 4.98 Å². The van der Waals surface area contributed by atoms with E-state index in [-0.39, 0.29) is 6.04 Å². The number of rotatable bonds is 3. The lowest BCUT2D eigenvalue weighted by Crippen LogP contribution is -2.23. The van der Waals surface area contributed by atoms with Gasteiger partial charge in [-0.15, -0.1) is 0 Å². The van der Waals surface area contributed by atoms with E-state index in [0.717, 1.165) is 24.5 Å². The molecule has 1 unspecified atom stereocenters. The zero-order valence-electron chi connectivity index (χ0n) is 9.91. The third-order valence-corrected chi connectivity index (χ3v) is 1.93. The quantitative estimate of drug-likeness (QED) is 0.799. The number of aromatic nitrogens is 3. The zero-order valence-corrected chi connectivity index (χ0v) is 9.91.